The van der Waals surface area contributed by atoms with E-state index in [4.69, 9.17) is 23.2 Å². The van der Waals surface area contributed by atoms with Crippen molar-refractivity contribution in [3.63, 3.8) is 0 Å². The molecule has 1 fully saturated rings. The van der Waals surface area contributed by atoms with Crippen molar-refractivity contribution < 1.29 is 0 Å². The van der Waals surface area contributed by atoms with Gasteiger partial charge in [0.25, 0.3) is 0 Å². The molecule has 0 aliphatic heterocycles. The molecule has 0 bridgehead atoms. The van der Waals surface area contributed by atoms with Crippen molar-refractivity contribution in [3.05, 3.63) is 20.6 Å². The van der Waals surface area contributed by atoms with E-state index < -0.39 is 0 Å². The zero-order valence-electron chi connectivity index (χ0n) is 8.85. The molecule has 1 heterocycles. The summed E-state index contributed by atoms with van der Waals surface area (Å²) in [7, 11) is 0. The van der Waals surface area contributed by atoms with E-state index in [9.17, 15) is 0 Å². The molecule has 1 aliphatic carbocycles. The van der Waals surface area contributed by atoms with Gasteiger partial charge in [-0.1, -0.05) is 48.9 Å². The Kier molecular flexibility index (Phi) is 4.45. The van der Waals surface area contributed by atoms with E-state index in [1.807, 2.05) is 0 Å². The maximum Gasteiger partial charge on any atom is 0.148 e. The molecule has 0 saturated heterocycles. The zero-order chi connectivity index (χ0) is 11.5. The molecule has 0 aromatic carbocycles. The Morgan fingerprint density at radius 2 is 1.44 bits per heavy atom. The van der Waals surface area contributed by atoms with Crippen LogP contribution < -0.4 is 0 Å². The van der Waals surface area contributed by atoms with Crippen LogP contribution in [0.2, 0.25) is 10.3 Å². The second-order valence-corrected chi connectivity index (χ2v) is 5.67. The SMILES string of the molecule is Clc1nc(C2CCCCCC2)nc(Cl)c1Br. The van der Waals surface area contributed by atoms with E-state index in [1.165, 1.54) is 25.7 Å². The van der Waals surface area contributed by atoms with E-state index in [-0.39, 0.29) is 0 Å². The van der Waals surface area contributed by atoms with E-state index in [0.29, 0.717) is 20.7 Å². The highest BCUT2D eigenvalue weighted by Gasteiger charge is 2.19. The molecule has 1 aromatic heterocycles. The highest BCUT2D eigenvalue weighted by molar-refractivity contribution is 9.10. The smallest absolute Gasteiger partial charge is 0.148 e. The standard InChI is InChI=1S/C11H13BrCl2N2/c12-8-9(13)15-11(16-10(8)14)7-5-3-1-2-4-6-7/h7H,1-6H2. The van der Waals surface area contributed by atoms with Crippen molar-refractivity contribution in [2.75, 3.05) is 0 Å². The van der Waals surface area contributed by atoms with Crippen molar-refractivity contribution in [1.29, 1.82) is 0 Å². The molecular weight excluding hydrogens is 311 g/mol. The lowest BCUT2D eigenvalue weighted by molar-refractivity contribution is 0.560. The number of rotatable bonds is 1. The van der Waals surface area contributed by atoms with Gasteiger partial charge in [-0.15, -0.1) is 0 Å². The van der Waals surface area contributed by atoms with Gasteiger partial charge in [-0.25, -0.2) is 9.97 Å². The third-order valence-electron chi connectivity index (χ3n) is 3.01. The largest absolute Gasteiger partial charge is 0.220 e. The van der Waals surface area contributed by atoms with Gasteiger partial charge in [0.2, 0.25) is 0 Å². The molecule has 1 aromatic rings. The third-order valence-corrected chi connectivity index (χ3v) is 4.76. The van der Waals surface area contributed by atoms with Gasteiger partial charge < -0.3 is 0 Å². The molecule has 1 saturated carbocycles. The van der Waals surface area contributed by atoms with E-state index in [0.717, 1.165) is 18.7 Å². The number of nitrogens with zero attached hydrogens (tertiary/aromatic N) is 2. The van der Waals surface area contributed by atoms with Crippen molar-refractivity contribution in [1.82, 2.24) is 9.97 Å². The third kappa shape index (κ3) is 2.88. The fraction of sp³-hybridized carbons (Fsp3) is 0.636. The lowest BCUT2D eigenvalue weighted by Gasteiger charge is -2.13. The van der Waals surface area contributed by atoms with Crippen molar-refractivity contribution >= 4 is 39.1 Å². The monoisotopic (exact) mass is 322 g/mol. The molecule has 16 heavy (non-hydrogen) atoms. The molecule has 0 radical (unpaired) electrons. The van der Waals surface area contributed by atoms with E-state index in [2.05, 4.69) is 25.9 Å². The highest BCUT2D eigenvalue weighted by atomic mass is 79.9. The first-order valence-corrected chi connectivity index (χ1v) is 7.12. The Morgan fingerprint density at radius 1 is 0.938 bits per heavy atom. The second kappa shape index (κ2) is 5.65. The Morgan fingerprint density at radius 3 is 1.94 bits per heavy atom. The van der Waals surface area contributed by atoms with Crippen LogP contribution in [0.1, 0.15) is 50.3 Å². The summed E-state index contributed by atoms with van der Waals surface area (Å²) in [5, 5.41) is 0.832. The molecule has 5 heteroatoms. The average Bonchev–Trinajstić information content (AvgIpc) is 2.53. The van der Waals surface area contributed by atoms with Crippen LogP contribution in [0.3, 0.4) is 0 Å². The number of hydrogen-bond acceptors (Lipinski definition) is 2. The minimum absolute atomic E-state index is 0.416. The van der Waals surface area contributed by atoms with Gasteiger partial charge >= 0.3 is 0 Å². The summed E-state index contributed by atoms with van der Waals surface area (Å²) in [5.41, 5.74) is 0. The normalized spacial score (nSPS) is 18.4. The van der Waals surface area contributed by atoms with Crippen molar-refractivity contribution in [3.8, 4) is 0 Å². The molecule has 1 aliphatic rings. The zero-order valence-corrected chi connectivity index (χ0v) is 11.9. The Labute approximate surface area is 114 Å². The van der Waals surface area contributed by atoms with Gasteiger partial charge in [0.1, 0.15) is 16.1 Å². The van der Waals surface area contributed by atoms with Gasteiger partial charge in [0, 0.05) is 5.92 Å². The molecule has 0 amide bonds. The lowest BCUT2D eigenvalue weighted by atomic mass is 10.00. The summed E-state index contributed by atoms with van der Waals surface area (Å²) in [4.78, 5) is 8.64. The maximum absolute atomic E-state index is 6.00. The number of halogens is 3. The summed E-state index contributed by atoms with van der Waals surface area (Å²) in [6, 6.07) is 0. The van der Waals surface area contributed by atoms with Crippen LogP contribution in [0.4, 0.5) is 0 Å². The summed E-state index contributed by atoms with van der Waals surface area (Å²) in [5.74, 6) is 1.23. The van der Waals surface area contributed by atoms with Crippen LogP contribution in [0.5, 0.6) is 0 Å². The summed E-state index contributed by atoms with van der Waals surface area (Å²) in [6.45, 7) is 0. The first-order valence-electron chi connectivity index (χ1n) is 5.57. The van der Waals surface area contributed by atoms with Crippen LogP contribution in [-0.2, 0) is 0 Å². The molecule has 0 atom stereocenters. The quantitative estimate of drug-likeness (QED) is 0.538. The van der Waals surface area contributed by atoms with Crippen LogP contribution in [0, 0.1) is 0 Å². The van der Waals surface area contributed by atoms with E-state index >= 15 is 0 Å². The lowest BCUT2D eigenvalue weighted by Crippen LogP contribution is -2.04. The minimum Gasteiger partial charge on any atom is -0.220 e. The van der Waals surface area contributed by atoms with Crippen LogP contribution in [0.25, 0.3) is 0 Å². The molecule has 0 N–H and O–H groups in total. The first kappa shape index (κ1) is 12.6. The van der Waals surface area contributed by atoms with Crippen LogP contribution >= 0.6 is 39.1 Å². The molecule has 2 rings (SSSR count). The van der Waals surface area contributed by atoms with Gasteiger partial charge in [-0.2, -0.15) is 0 Å². The fourth-order valence-corrected chi connectivity index (χ4v) is 2.71. The Bertz CT molecular complexity index is 353. The predicted molar refractivity (Wildman–Crippen MR) is 70.2 cm³/mol. The molecule has 88 valence electrons. The first-order chi connectivity index (χ1) is 7.68. The van der Waals surface area contributed by atoms with Crippen LogP contribution in [0.15, 0.2) is 4.47 Å². The van der Waals surface area contributed by atoms with Gasteiger partial charge in [-0.3, -0.25) is 0 Å². The van der Waals surface area contributed by atoms with Gasteiger partial charge in [0.15, 0.2) is 0 Å². The topological polar surface area (TPSA) is 25.8 Å². The van der Waals surface area contributed by atoms with E-state index in [1.54, 1.807) is 0 Å². The van der Waals surface area contributed by atoms with Gasteiger partial charge in [0.05, 0.1) is 4.47 Å². The number of hydrogen-bond donors (Lipinski definition) is 0. The summed E-state index contributed by atoms with van der Waals surface area (Å²) >= 11 is 15.3. The second-order valence-electron chi connectivity index (χ2n) is 4.17. The summed E-state index contributed by atoms with van der Waals surface area (Å²) < 4.78 is 0.591. The van der Waals surface area contributed by atoms with Gasteiger partial charge in [-0.05, 0) is 28.8 Å². The Balaban J connectivity index is 2.25. The predicted octanol–water partition coefficient (Wildman–Crippen LogP) is 4.98. The van der Waals surface area contributed by atoms with Crippen LogP contribution in [-0.4, -0.2) is 9.97 Å². The van der Waals surface area contributed by atoms with Crippen molar-refractivity contribution in [2.45, 2.75) is 44.4 Å². The minimum atomic E-state index is 0.416. The fourth-order valence-electron chi connectivity index (χ4n) is 2.13. The highest BCUT2D eigenvalue weighted by Crippen LogP contribution is 2.33. The number of aromatic nitrogens is 2. The molecule has 2 nitrogen and oxygen atoms in total. The molecular formula is C11H13BrCl2N2. The molecule has 0 spiro atoms. The average molecular weight is 324 g/mol. The molecule has 0 unspecified atom stereocenters. The summed E-state index contributed by atoms with van der Waals surface area (Å²) in [6.07, 6.45) is 7.42. The Hall–Kier alpha value is 0.140. The maximum atomic E-state index is 6.00. The van der Waals surface area contributed by atoms with Crippen molar-refractivity contribution in [2.24, 2.45) is 0 Å².